The fraction of sp³-hybridized carbons (Fsp3) is 0.833. The maximum absolute atomic E-state index is 12.3. The van der Waals surface area contributed by atoms with Crippen molar-refractivity contribution in [2.24, 2.45) is 11.7 Å². The normalized spacial score (nSPS) is 26.0. The van der Waals surface area contributed by atoms with Crippen LogP contribution in [0.5, 0.6) is 0 Å². The molecule has 1 unspecified atom stereocenters. The predicted molar refractivity (Wildman–Crippen MR) is 72.2 cm³/mol. The summed E-state index contributed by atoms with van der Waals surface area (Å²) < 4.78 is 0. The molecular weight excluding hydrogens is 250 g/mol. The van der Waals surface area contributed by atoms with Gasteiger partial charge in [-0.1, -0.05) is 0 Å². The third-order valence-corrected chi connectivity index (χ3v) is 4.75. The van der Waals surface area contributed by atoms with E-state index >= 15 is 0 Å². The first kappa shape index (κ1) is 13.7. The van der Waals surface area contributed by atoms with Crippen molar-refractivity contribution in [3.63, 3.8) is 0 Å². The molecule has 1 atom stereocenters. The van der Waals surface area contributed by atoms with Crippen LogP contribution in [0.1, 0.15) is 19.3 Å². The highest BCUT2D eigenvalue weighted by Gasteiger charge is 2.31. The molecule has 2 amide bonds. The highest BCUT2D eigenvalue weighted by molar-refractivity contribution is 7.99. The number of carbonyl (C=O) groups is 2. The molecule has 102 valence electrons. The van der Waals surface area contributed by atoms with Crippen LogP contribution in [0, 0.1) is 5.92 Å². The number of nitrogens with one attached hydrogen (secondary N) is 1. The number of rotatable bonds is 3. The largest absolute Gasteiger partial charge is 0.368 e. The lowest BCUT2D eigenvalue weighted by molar-refractivity contribution is -0.141. The average Bonchev–Trinajstić information content (AvgIpc) is 2.40. The van der Waals surface area contributed by atoms with Crippen LogP contribution in [-0.2, 0) is 9.59 Å². The van der Waals surface area contributed by atoms with E-state index in [1.807, 2.05) is 11.8 Å². The SMILES string of the molecule is NC(=O)C1CNCCN1C(=O)CC1CCSCC1. The van der Waals surface area contributed by atoms with Crippen LogP contribution in [0.4, 0.5) is 0 Å². The summed E-state index contributed by atoms with van der Waals surface area (Å²) in [6, 6.07) is -0.468. The molecule has 0 aromatic rings. The smallest absolute Gasteiger partial charge is 0.241 e. The zero-order chi connectivity index (χ0) is 13.0. The number of hydrogen-bond acceptors (Lipinski definition) is 4. The molecule has 3 N–H and O–H groups in total. The average molecular weight is 271 g/mol. The molecule has 0 saturated carbocycles. The molecule has 0 aliphatic carbocycles. The van der Waals surface area contributed by atoms with Crippen molar-refractivity contribution in [3.05, 3.63) is 0 Å². The molecule has 2 rings (SSSR count). The van der Waals surface area contributed by atoms with Crippen LogP contribution >= 0.6 is 11.8 Å². The fourth-order valence-corrected chi connectivity index (χ4v) is 3.78. The lowest BCUT2D eigenvalue weighted by Crippen LogP contribution is -2.58. The van der Waals surface area contributed by atoms with Crippen LogP contribution in [-0.4, -0.2) is 53.9 Å². The Morgan fingerprint density at radius 2 is 2.06 bits per heavy atom. The van der Waals surface area contributed by atoms with Crippen molar-refractivity contribution < 1.29 is 9.59 Å². The molecule has 2 fully saturated rings. The van der Waals surface area contributed by atoms with Crippen LogP contribution in [0.25, 0.3) is 0 Å². The van der Waals surface area contributed by atoms with Gasteiger partial charge < -0.3 is 16.0 Å². The van der Waals surface area contributed by atoms with Crippen LogP contribution < -0.4 is 11.1 Å². The number of piperazine rings is 1. The quantitative estimate of drug-likeness (QED) is 0.746. The van der Waals surface area contributed by atoms with Gasteiger partial charge in [-0.3, -0.25) is 9.59 Å². The van der Waals surface area contributed by atoms with Gasteiger partial charge in [-0.15, -0.1) is 0 Å². The lowest BCUT2D eigenvalue weighted by Gasteiger charge is -2.35. The van der Waals surface area contributed by atoms with Crippen molar-refractivity contribution in [1.29, 1.82) is 0 Å². The zero-order valence-electron chi connectivity index (χ0n) is 10.6. The van der Waals surface area contributed by atoms with Crippen molar-refractivity contribution >= 4 is 23.6 Å². The summed E-state index contributed by atoms with van der Waals surface area (Å²) in [5.41, 5.74) is 5.35. The molecule has 18 heavy (non-hydrogen) atoms. The van der Waals surface area contributed by atoms with E-state index in [1.54, 1.807) is 4.90 Å². The van der Waals surface area contributed by atoms with E-state index in [1.165, 1.54) is 0 Å². The van der Waals surface area contributed by atoms with Crippen molar-refractivity contribution in [1.82, 2.24) is 10.2 Å². The molecule has 0 aromatic carbocycles. The number of hydrogen-bond donors (Lipinski definition) is 2. The molecule has 2 heterocycles. The number of nitrogens with zero attached hydrogens (tertiary/aromatic N) is 1. The highest BCUT2D eigenvalue weighted by Crippen LogP contribution is 2.26. The standard InChI is InChI=1S/C12H21N3O2S/c13-12(17)10-8-14-3-4-15(10)11(16)7-9-1-5-18-6-2-9/h9-10,14H,1-8H2,(H2,13,17). The minimum atomic E-state index is -0.468. The minimum absolute atomic E-state index is 0.0946. The predicted octanol–water partition coefficient (Wildman–Crippen LogP) is -0.195. The van der Waals surface area contributed by atoms with Gasteiger partial charge in [0.25, 0.3) is 0 Å². The fourth-order valence-electron chi connectivity index (χ4n) is 2.57. The van der Waals surface area contributed by atoms with E-state index < -0.39 is 11.9 Å². The van der Waals surface area contributed by atoms with Crippen molar-refractivity contribution in [2.75, 3.05) is 31.1 Å². The van der Waals surface area contributed by atoms with Gasteiger partial charge in [-0.25, -0.2) is 0 Å². The van der Waals surface area contributed by atoms with E-state index in [-0.39, 0.29) is 5.91 Å². The Morgan fingerprint density at radius 3 is 2.72 bits per heavy atom. The van der Waals surface area contributed by atoms with Crippen LogP contribution in [0.15, 0.2) is 0 Å². The molecule has 6 heteroatoms. The Kier molecular flexibility index (Phi) is 4.88. The number of amides is 2. The minimum Gasteiger partial charge on any atom is -0.368 e. The Labute approximate surface area is 112 Å². The van der Waals surface area contributed by atoms with Crippen LogP contribution in [0.3, 0.4) is 0 Å². The van der Waals surface area contributed by atoms with E-state index in [4.69, 9.17) is 5.73 Å². The van der Waals surface area contributed by atoms with Gasteiger partial charge in [0, 0.05) is 26.1 Å². The summed E-state index contributed by atoms with van der Waals surface area (Å²) in [4.78, 5) is 25.3. The van der Waals surface area contributed by atoms with Crippen LogP contribution in [0.2, 0.25) is 0 Å². The monoisotopic (exact) mass is 271 g/mol. The maximum Gasteiger partial charge on any atom is 0.241 e. The first-order chi connectivity index (χ1) is 8.68. The third-order valence-electron chi connectivity index (χ3n) is 3.70. The first-order valence-electron chi connectivity index (χ1n) is 6.55. The van der Waals surface area contributed by atoms with E-state index in [2.05, 4.69) is 5.32 Å². The number of nitrogens with two attached hydrogens (primary N) is 1. The molecule has 0 aromatic heterocycles. The second-order valence-corrected chi connectivity index (χ2v) is 6.19. The Bertz CT molecular complexity index is 318. The molecular formula is C12H21N3O2S. The Hall–Kier alpha value is -0.750. The summed E-state index contributed by atoms with van der Waals surface area (Å²) in [5.74, 6) is 2.48. The van der Waals surface area contributed by atoms with E-state index in [9.17, 15) is 9.59 Å². The van der Waals surface area contributed by atoms with Gasteiger partial charge in [0.2, 0.25) is 11.8 Å². The summed E-state index contributed by atoms with van der Waals surface area (Å²) >= 11 is 1.96. The van der Waals surface area contributed by atoms with Gasteiger partial charge in [-0.2, -0.15) is 11.8 Å². The summed E-state index contributed by atoms with van der Waals surface area (Å²) in [7, 11) is 0. The van der Waals surface area contributed by atoms with E-state index in [0.29, 0.717) is 25.4 Å². The zero-order valence-corrected chi connectivity index (χ0v) is 11.4. The van der Waals surface area contributed by atoms with Gasteiger partial charge in [0.1, 0.15) is 6.04 Å². The molecule has 0 spiro atoms. The molecule has 0 bridgehead atoms. The molecule has 2 saturated heterocycles. The molecule has 2 aliphatic rings. The third kappa shape index (κ3) is 3.38. The molecule has 2 aliphatic heterocycles. The van der Waals surface area contributed by atoms with Gasteiger partial charge in [0.05, 0.1) is 0 Å². The topological polar surface area (TPSA) is 75.4 Å². The summed E-state index contributed by atoms with van der Waals surface area (Å²) in [6.45, 7) is 1.82. The highest BCUT2D eigenvalue weighted by atomic mass is 32.2. The lowest BCUT2D eigenvalue weighted by atomic mass is 9.97. The number of primary amides is 1. The number of carbonyl (C=O) groups excluding carboxylic acids is 2. The second-order valence-electron chi connectivity index (χ2n) is 4.97. The second kappa shape index (κ2) is 6.43. The van der Waals surface area contributed by atoms with Gasteiger partial charge in [0.15, 0.2) is 0 Å². The number of thioether (sulfide) groups is 1. The molecule has 5 nitrogen and oxygen atoms in total. The Balaban J connectivity index is 1.91. The van der Waals surface area contributed by atoms with Crippen molar-refractivity contribution in [2.45, 2.75) is 25.3 Å². The van der Waals surface area contributed by atoms with Crippen molar-refractivity contribution in [3.8, 4) is 0 Å². The molecule has 0 radical (unpaired) electrons. The first-order valence-corrected chi connectivity index (χ1v) is 7.71. The van der Waals surface area contributed by atoms with Gasteiger partial charge in [-0.05, 0) is 30.3 Å². The van der Waals surface area contributed by atoms with E-state index in [0.717, 1.165) is 30.9 Å². The Morgan fingerprint density at radius 1 is 1.33 bits per heavy atom. The summed E-state index contributed by atoms with van der Waals surface area (Å²) in [6.07, 6.45) is 2.80. The summed E-state index contributed by atoms with van der Waals surface area (Å²) in [5, 5.41) is 3.11. The van der Waals surface area contributed by atoms with Gasteiger partial charge >= 0.3 is 0 Å². The maximum atomic E-state index is 12.3.